The minimum Gasteiger partial charge on any atom is -1.00 e. The quantitative estimate of drug-likeness (QED) is 0.331. The minimum atomic E-state index is 0. The molecule has 4 aromatic carbocycles. The number of halogens is 2. The van der Waals surface area contributed by atoms with Gasteiger partial charge in [-0.1, -0.05) is 51.7 Å². The van der Waals surface area contributed by atoms with Crippen molar-refractivity contribution in [3.05, 3.63) is 83.9 Å². The van der Waals surface area contributed by atoms with Crippen molar-refractivity contribution in [2.75, 3.05) is 0 Å². The number of rotatable bonds is 2. The van der Waals surface area contributed by atoms with Crippen LogP contribution in [-0.4, -0.2) is 0 Å². The van der Waals surface area contributed by atoms with Gasteiger partial charge in [-0.15, -0.1) is 81.2 Å². The van der Waals surface area contributed by atoms with Crippen molar-refractivity contribution < 1.29 is 46.5 Å². The van der Waals surface area contributed by atoms with Gasteiger partial charge >= 0.3 is 21.7 Å². The summed E-state index contributed by atoms with van der Waals surface area (Å²) in [5.41, 5.74) is 2.93. The van der Waals surface area contributed by atoms with Crippen LogP contribution in [0.2, 0.25) is 0 Å². The van der Waals surface area contributed by atoms with E-state index in [0.717, 1.165) is 0 Å². The summed E-state index contributed by atoms with van der Waals surface area (Å²) < 4.78 is 0. The molecule has 0 saturated heterocycles. The van der Waals surface area contributed by atoms with Crippen LogP contribution in [0.5, 0.6) is 0 Å². The summed E-state index contributed by atoms with van der Waals surface area (Å²) >= 11 is 0. The summed E-state index contributed by atoms with van der Waals surface area (Å²) in [5, 5.41) is 5.54. The van der Waals surface area contributed by atoms with Gasteiger partial charge in [0.05, 0.1) is 0 Å². The van der Waals surface area contributed by atoms with Crippen LogP contribution in [0.1, 0.15) is 50.7 Å². The van der Waals surface area contributed by atoms with Crippen molar-refractivity contribution in [3.63, 3.8) is 0 Å². The van der Waals surface area contributed by atoms with E-state index in [-0.39, 0.29) is 46.5 Å². The first-order valence-electron chi connectivity index (χ1n) is 8.86. The Morgan fingerprint density at radius 3 is 1.22 bits per heavy atom. The summed E-state index contributed by atoms with van der Waals surface area (Å²) in [7, 11) is 0. The topological polar surface area (TPSA) is 0 Å². The van der Waals surface area contributed by atoms with Crippen LogP contribution in [0.25, 0.3) is 21.5 Å². The largest absolute Gasteiger partial charge is 4.00 e. The summed E-state index contributed by atoms with van der Waals surface area (Å²) in [5.74, 6) is 1.26. The second-order valence-electron chi connectivity index (χ2n) is 7.06. The number of benzene rings is 2. The van der Waals surface area contributed by atoms with Crippen LogP contribution in [0.3, 0.4) is 0 Å². The molecule has 0 aliphatic rings. The molecule has 0 aliphatic carbocycles. The summed E-state index contributed by atoms with van der Waals surface area (Å²) in [4.78, 5) is 0. The SMILES string of the molecule is CC(C)[c-]1ccc2ccccc21.CC(C)[c-]1ccc2ccccc21.[Cl-].[Cl-].[Ti+4]. The van der Waals surface area contributed by atoms with E-state index in [1.165, 1.54) is 32.7 Å². The van der Waals surface area contributed by atoms with Gasteiger partial charge in [0.15, 0.2) is 0 Å². The maximum absolute atomic E-state index is 2.24. The van der Waals surface area contributed by atoms with Crippen molar-refractivity contribution in [2.24, 2.45) is 0 Å². The van der Waals surface area contributed by atoms with Gasteiger partial charge in [-0.2, -0.15) is 12.1 Å². The number of hydrogen-bond donors (Lipinski definition) is 0. The van der Waals surface area contributed by atoms with Crippen LogP contribution in [-0.2, 0) is 21.7 Å². The molecule has 0 amide bonds. The Labute approximate surface area is 190 Å². The monoisotopic (exact) mass is 432 g/mol. The van der Waals surface area contributed by atoms with Crippen molar-refractivity contribution >= 4 is 21.5 Å². The van der Waals surface area contributed by atoms with E-state index in [1.807, 2.05) is 0 Å². The summed E-state index contributed by atoms with van der Waals surface area (Å²) in [6.07, 6.45) is 0. The molecule has 0 fully saturated rings. The zero-order valence-electron chi connectivity index (χ0n) is 16.3. The van der Waals surface area contributed by atoms with Crippen LogP contribution in [0.15, 0.2) is 72.8 Å². The predicted molar refractivity (Wildman–Crippen MR) is 107 cm³/mol. The fraction of sp³-hybridized carbons (Fsp3) is 0.250. The van der Waals surface area contributed by atoms with Crippen LogP contribution in [0, 0.1) is 0 Å². The molecule has 0 spiro atoms. The Balaban J connectivity index is 0.000000451. The first-order valence-corrected chi connectivity index (χ1v) is 8.86. The normalized spacial score (nSPS) is 10.0. The van der Waals surface area contributed by atoms with Crippen molar-refractivity contribution in [2.45, 2.75) is 39.5 Å². The molecular formula is C24H26Cl2Ti. The molecule has 0 nitrogen and oxygen atoms in total. The number of hydrogen-bond acceptors (Lipinski definition) is 0. The molecule has 0 bridgehead atoms. The van der Waals surface area contributed by atoms with Gasteiger partial charge in [0.25, 0.3) is 0 Å². The molecule has 0 unspecified atom stereocenters. The third-order valence-electron chi connectivity index (χ3n) is 4.67. The molecule has 0 radical (unpaired) electrons. The van der Waals surface area contributed by atoms with E-state index in [0.29, 0.717) is 11.8 Å². The first-order chi connectivity index (χ1) is 11.6. The van der Waals surface area contributed by atoms with Gasteiger partial charge in [0, 0.05) is 0 Å². The average molecular weight is 433 g/mol. The fourth-order valence-electron chi connectivity index (χ4n) is 3.36. The van der Waals surface area contributed by atoms with Gasteiger partial charge in [-0.05, 0) is 0 Å². The molecule has 27 heavy (non-hydrogen) atoms. The van der Waals surface area contributed by atoms with E-state index in [4.69, 9.17) is 0 Å². The third-order valence-corrected chi connectivity index (χ3v) is 4.67. The molecule has 0 heterocycles. The molecule has 3 heteroatoms. The predicted octanol–water partition coefficient (Wildman–Crippen LogP) is 1.37. The third kappa shape index (κ3) is 5.96. The Morgan fingerprint density at radius 1 is 0.556 bits per heavy atom. The second-order valence-corrected chi connectivity index (χ2v) is 7.06. The van der Waals surface area contributed by atoms with E-state index in [1.54, 1.807) is 0 Å². The molecule has 0 aromatic heterocycles. The van der Waals surface area contributed by atoms with Crippen LogP contribution < -0.4 is 24.8 Å². The molecule has 0 aliphatic heterocycles. The Hall–Kier alpha value is -1.05. The molecule has 140 valence electrons. The van der Waals surface area contributed by atoms with Gasteiger partial charge < -0.3 is 24.8 Å². The van der Waals surface area contributed by atoms with Gasteiger partial charge in [-0.3, -0.25) is 0 Å². The van der Waals surface area contributed by atoms with Crippen molar-refractivity contribution in [3.8, 4) is 0 Å². The van der Waals surface area contributed by atoms with Gasteiger partial charge in [0.1, 0.15) is 0 Å². The maximum Gasteiger partial charge on any atom is 4.00 e. The van der Waals surface area contributed by atoms with Gasteiger partial charge in [0.2, 0.25) is 0 Å². The Bertz CT molecular complexity index is 854. The van der Waals surface area contributed by atoms with E-state index < -0.39 is 0 Å². The fourth-order valence-corrected chi connectivity index (χ4v) is 3.36. The Kier molecular flexibility index (Phi) is 11.3. The summed E-state index contributed by atoms with van der Waals surface area (Å²) in [6, 6.07) is 26.0. The number of fused-ring (bicyclic) bond motifs is 2. The van der Waals surface area contributed by atoms with Crippen LogP contribution in [0.4, 0.5) is 0 Å². The van der Waals surface area contributed by atoms with Gasteiger partial charge in [-0.25, -0.2) is 0 Å². The molecular weight excluding hydrogens is 407 g/mol. The van der Waals surface area contributed by atoms with E-state index in [9.17, 15) is 0 Å². The first kappa shape index (κ1) is 26.0. The van der Waals surface area contributed by atoms with Crippen LogP contribution >= 0.6 is 0 Å². The molecule has 4 aromatic rings. The molecule has 0 saturated carbocycles. The van der Waals surface area contributed by atoms with E-state index in [2.05, 4.69) is 100 Å². The Morgan fingerprint density at radius 2 is 0.889 bits per heavy atom. The zero-order valence-corrected chi connectivity index (χ0v) is 19.4. The molecule has 0 N–H and O–H groups in total. The molecule has 0 atom stereocenters. The van der Waals surface area contributed by atoms with E-state index >= 15 is 0 Å². The summed E-state index contributed by atoms with van der Waals surface area (Å²) in [6.45, 7) is 8.95. The standard InChI is InChI=1S/2C12H13.2ClH.Ti/c2*1-9(2)11-8-7-10-5-3-4-6-12(10)11;;;/h2*3-9H,1-2H3;2*1H;/q2*-1;;;+4/p-2. The average Bonchev–Trinajstić information content (AvgIpc) is 3.19. The second kappa shape index (κ2) is 11.7. The maximum atomic E-state index is 2.24. The zero-order chi connectivity index (χ0) is 17.1. The molecule has 4 rings (SSSR count). The van der Waals surface area contributed by atoms with Crippen molar-refractivity contribution in [1.29, 1.82) is 0 Å². The van der Waals surface area contributed by atoms with Crippen molar-refractivity contribution in [1.82, 2.24) is 0 Å². The minimum absolute atomic E-state index is 0. The smallest absolute Gasteiger partial charge is 1.00 e.